The Balaban J connectivity index is 1.51. The zero-order valence-corrected chi connectivity index (χ0v) is 13.2. The van der Waals surface area contributed by atoms with Crippen molar-refractivity contribution in [2.45, 2.75) is 57.1 Å². The fraction of sp³-hybridized carbons (Fsp3) is 0.750. The molecule has 0 saturated carbocycles. The third kappa shape index (κ3) is 3.50. The van der Waals surface area contributed by atoms with Crippen molar-refractivity contribution in [3.05, 3.63) is 17.0 Å². The average Bonchev–Trinajstić information content (AvgIpc) is 2.97. The van der Waals surface area contributed by atoms with Gasteiger partial charge in [0.15, 0.2) is 0 Å². The van der Waals surface area contributed by atoms with Crippen LogP contribution in [0.4, 0.5) is 0 Å². The molecule has 1 aliphatic carbocycles. The lowest BCUT2D eigenvalue weighted by molar-refractivity contribution is -0.125. The third-order valence-corrected chi connectivity index (χ3v) is 4.67. The predicted molar refractivity (Wildman–Crippen MR) is 81.7 cm³/mol. The molecule has 3 rings (SSSR count). The van der Waals surface area contributed by atoms with Crippen LogP contribution in [0.2, 0.25) is 0 Å². The van der Waals surface area contributed by atoms with Gasteiger partial charge in [0.2, 0.25) is 5.91 Å². The van der Waals surface area contributed by atoms with Crippen LogP contribution in [0.15, 0.2) is 0 Å². The van der Waals surface area contributed by atoms with E-state index in [0.29, 0.717) is 26.1 Å². The Hall–Kier alpha value is -1.40. The summed E-state index contributed by atoms with van der Waals surface area (Å²) in [5.41, 5.74) is 3.67. The molecule has 1 aromatic rings. The van der Waals surface area contributed by atoms with Gasteiger partial charge in [-0.2, -0.15) is 5.10 Å². The molecule has 1 aliphatic heterocycles. The minimum atomic E-state index is -0.0423. The summed E-state index contributed by atoms with van der Waals surface area (Å²) in [7, 11) is 1.69. The molecule has 22 heavy (non-hydrogen) atoms. The van der Waals surface area contributed by atoms with Crippen LogP contribution in [0.1, 0.15) is 42.6 Å². The average molecular weight is 307 g/mol. The van der Waals surface area contributed by atoms with E-state index < -0.39 is 0 Å². The number of fused-ring (bicyclic) bond motifs is 1. The molecule has 1 aromatic heterocycles. The van der Waals surface area contributed by atoms with Crippen molar-refractivity contribution in [1.82, 2.24) is 15.5 Å². The van der Waals surface area contributed by atoms with Gasteiger partial charge >= 0.3 is 0 Å². The van der Waals surface area contributed by atoms with Gasteiger partial charge in [0, 0.05) is 32.3 Å². The van der Waals surface area contributed by atoms with Gasteiger partial charge in [0.05, 0.1) is 24.4 Å². The second-order valence-electron chi connectivity index (χ2n) is 6.15. The minimum absolute atomic E-state index is 0.0423. The van der Waals surface area contributed by atoms with Crippen LogP contribution in [0, 0.1) is 0 Å². The number of rotatable bonds is 5. The highest BCUT2D eigenvalue weighted by atomic mass is 16.5. The van der Waals surface area contributed by atoms with Crippen molar-refractivity contribution < 1.29 is 14.3 Å². The second-order valence-corrected chi connectivity index (χ2v) is 6.15. The first-order valence-corrected chi connectivity index (χ1v) is 8.23. The van der Waals surface area contributed by atoms with Gasteiger partial charge in [-0.1, -0.05) is 0 Å². The number of amides is 1. The van der Waals surface area contributed by atoms with Crippen molar-refractivity contribution in [2.75, 3.05) is 20.3 Å². The number of H-pyrrole nitrogens is 1. The van der Waals surface area contributed by atoms with Crippen LogP contribution in [0.5, 0.6) is 0 Å². The van der Waals surface area contributed by atoms with Gasteiger partial charge in [0.1, 0.15) is 0 Å². The van der Waals surface area contributed by atoms with Crippen LogP contribution < -0.4 is 5.32 Å². The molecule has 0 spiro atoms. The lowest BCUT2D eigenvalue weighted by atomic mass is 9.94. The van der Waals surface area contributed by atoms with E-state index in [1.165, 1.54) is 24.1 Å². The van der Waals surface area contributed by atoms with E-state index in [1.807, 2.05) is 0 Å². The molecule has 0 bridgehead atoms. The SMILES string of the molecule is CO[C@@H]1CCOC[C@H]1NC(=O)CCc1n[nH]c2c1CCCC2. The van der Waals surface area contributed by atoms with E-state index in [1.54, 1.807) is 7.11 Å². The fourth-order valence-electron chi connectivity index (χ4n) is 3.40. The summed E-state index contributed by atoms with van der Waals surface area (Å²) < 4.78 is 10.8. The molecule has 2 N–H and O–H groups in total. The maximum absolute atomic E-state index is 12.2. The summed E-state index contributed by atoms with van der Waals surface area (Å²) in [6.45, 7) is 1.23. The monoisotopic (exact) mass is 307 g/mol. The summed E-state index contributed by atoms with van der Waals surface area (Å²) in [6, 6.07) is -0.0423. The highest BCUT2D eigenvalue weighted by Gasteiger charge is 2.27. The van der Waals surface area contributed by atoms with Gasteiger partial charge in [-0.15, -0.1) is 0 Å². The van der Waals surface area contributed by atoms with Crippen molar-refractivity contribution in [1.29, 1.82) is 0 Å². The number of methoxy groups -OCH3 is 1. The molecule has 1 fully saturated rings. The molecule has 2 heterocycles. The van der Waals surface area contributed by atoms with Gasteiger partial charge in [-0.05, 0) is 37.7 Å². The standard InChI is InChI=1S/C16H25N3O3/c1-21-15-8-9-22-10-14(15)17-16(20)7-6-13-11-4-2-3-5-12(11)18-19-13/h14-15H,2-10H2,1H3,(H,17,20)(H,18,19)/t14-,15-/m1/s1. The third-order valence-electron chi connectivity index (χ3n) is 4.67. The number of hydrogen-bond acceptors (Lipinski definition) is 4. The topological polar surface area (TPSA) is 76.2 Å². The number of hydrogen-bond donors (Lipinski definition) is 2. The summed E-state index contributed by atoms with van der Waals surface area (Å²) in [5, 5.41) is 10.6. The van der Waals surface area contributed by atoms with E-state index >= 15 is 0 Å². The summed E-state index contributed by atoms with van der Waals surface area (Å²) >= 11 is 0. The van der Waals surface area contributed by atoms with Crippen molar-refractivity contribution in [3.63, 3.8) is 0 Å². The van der Waals surface area contributed by atoms with Gasteiger partial charge in [-0.3, -0.25) is 9.89 Å². The number of carbonyl (C=O) groups excluding carboxylic acids is 1. The van der Waals surface area contributed by atoms with Gasteiger partial charge in [-0.25, -0.2) is 0 Å². The zero-order valence-electron chi connectivity index (χ0n) is 13.2. The highest BCUT2D eigenvalue weighted by molar-refractivity contribution is 5.76. The summed E-state index contributed by atoms with van der Waals surface area (Å²) in [5.74, 6) is 0.0464. The lowest BCUT2D eigenvalue weighted by Gasteiger charge is -2.31. The molecule has 1 saturated heterocycles. The van der Waals surface area contributed by atoms with Crippen molar-refractivity contribution in [2.24, 2.45) is 0 Å². The minimum Gasteiger partial charge on any atom is -0.379 e. The Bertz CT molecular complexity index is 515. The van der Waals surface area contributed by atoms with Crippen LogP contribution in [0.3, 0.4) is 0 Å². The van der Waals surface area contributed by atoms with E-state index in [0.717, 1.165) is 25.0 Å². The first-order chi connectivity index (χ1) is 10.8. The van der Waals surface area contributed by atoms with Crippen molar-refractivity contribution in [3.8, 4) is 0 Å². The van der Waals surface area contributed by atoms with Gasteiger partial charge < -0.3 is 14.8 Å². The van der Waals surface area contributed by atoms with Crippen LogP contribution in [-0.2, 0) is 33.5 Å². The molecule has 2 atom stereocenters. The quantitative estimate of drug-likeness (QED) is 0.855. The molecular formula is C16H25N3O3. The van der Waals surface area contributed by atoms with E-state index in [9.17, 15) is 4.79 Å². The fourth-order valence-corrected chi connectivity index (χ4v) is 3.40. The first kappa shape index (κ1) is 15.5. The predicted octanol–water partition coefficient (Wildman–Crippen LogP) is 1.14. The Kier molecular flexibility index (Phi) is 5.10. The Morgan fingerprint density at radius 1 is 1.45 bits per heavy atom. The molecule has 6 nitrogen and oxygen atoms in total. The molecule has 6 heteroatoms. The molecule has 0 radical (unpaired) electrons. The Labute approximate surface area is 130 Å². The summed E-state index contributed by atoms with van der Waals surface area (Å²) in [6.07, 6.45) is 6.67. The van der Waals surface area contributed by atoms with E-state index in [2.05, 4.69) is 15.5 Å². The molecule has 122 valence electrons. The number of nitrogens with zero attached hydrogens (tertiary/aromatic N) is 1. The van der Waals surface area contributed by atoms with Crippen LogP contribution in [-0.4, -0.2) is 48.6 Å². The summed E-state index contributed by atoms with van der Waals surface area (Å²) in [4.78, 5) is 12.2. The van der Waals surface area contributed by atoms with Crippen molar-refractivity contribution >= 4 is 5.91 Å². The molecular weight excluding hydrogens is 282 g/mol. The van der Waals surface area contributed by atoms with E-state index in [-0.39, 0.29) is 18.1 Å². The molecule has 1 amide bonds. The number of aromatic nitrogens is 2. The molecule has 0 aromatic carbocycles. The molecule has 0 unspecified atom stereocenters. The zero-order chi connectivity index (χ0) is 15.4. The Morgan fingerprint density at radius 3 is 3.18 bits per heavy atom. The number of carbonyl (C=O) groups is 1. The largest absolute Gasteiger partial charge is 0.379 e. The highest BCUT2D eigenvalue weighted by Crippen LogP contribution is 2.22. The number of nitrogens with one attached hydrogen (secondary N) is 2. The lowest BCUT2D eigenvalue weighted by Crippen LogP contribution is -2.50. The number of aromatic amines is 1. The van der Waals surface area contributed by atoms with Gasteiger partial charge in [0.25, 0.3) is 0 Å². The van der Waals surface area contributed by atoms with Crippen LogP contribution in [0.25, 0.3) is 0 Å². The number of aryl methyl sites for hydroxylation is 2. The van der Waals surface area contributed by atoms with E-state index in [4.69, 9.17) is 9.47 Å². The maximum Gasteiger partial charge on any atom is 0.220 e. The van der Waals surface area contributed by atoms with Crippen LogP contribution >= 0.6 is 0 Å². The maximum atomic E-state index is 12.2. The smallest absolute Gasteiger partial charge is 0.220 e. The molecule has 2 aliphatic rings. The normalized spacial score (nSPS) is 24.8. The number of ether oxygens (including phenoxy) is 2. The second kappa shape index (κ2) is 7.24. The Morgan fingerprint density at radius 2 is 2.32 bits per heavy atom. The first-order valence-electron chi connectivity index (χ1n) is 8.23.